The largest absolute Gasteiger partial charge is 0.493 e. The van der Waals surface area contributed by atoms with Crippen LogP contribution in [0.15, 0.2) is 114 Å². The standard InChI is InChI=1S/C48H50Cl2N4O9S/c1-59-42-17-16-34(25-44(42)60-2)43(26-38-39(49)27-51-28-40(38)50)62-47(55)41-15-8-20-54(41)64(57,58)37-14-6-9-31(23-37)30-61-36-13-7-12-35(24-36)46(33-10-4-3-5-11-33)52-48(56)63-45-29-53-21-18-32(45)19-22-53/h3-7,9-14,16-17,23-25,27-28,32,41,43,45-46H,8,15,18-22,26,29-30H2,1-2H3,(H,52,56)/t41-,43-,45-,46-/m0/s1. The Balaban J connectivity index is 0.961. The maximum atomic E-state index is 14.3. The molecular formula is C48H50Cl2N4O9S. The maximum absolute atomic E-state index is 14.3. The van der Waals surface area contributed by atoms with Gasteiger partial charge in [0.1, 0.15) is 30.6 Å². The molecule has 1 amide bonds. The van der Waals surface area contributed by atoms with Crippen molar-refractivity contribution in [1.82, 2.24) is 19.5 Å². The van der Waals surface area contributed by atoms with Crippen LogP contribution in [0.3, 0.4) is 0 Å². The summed E-state index contributed by atoms with van der Waals surface area (Å²) in [7, 11) is -1.15. The highest BCUT2D eigenvalue weighted by molar-refractivity contribution is 7.89. The van der Waals surface area contributed by atoms with E-state index in [2.05, 4.69) is 15.2 Å². The smallest absolute Gasteiger partial charge is 0.408 e. The van der Waals surface area contributed by atoms with Gasteiger partial charge in [-0.25, -0.2) is 13.2 Å². The average Bonchev–Trinajstić information content (AvgIpc) is 3.83. The lowest BCUT2D eigenvalue weighted by Crippen LogP contribution is -2.52. The zero-order valence-corrected chi connectivity index (χ0v) is 37.9. The maximum Gasteiger partial charge on any atom is 0.408 e. The molecule has 4 aliphatic rings. The van der Waals surface area contributed by atoms with Crippen molar-refractivity contribution in [3.63, 3.8) is 0 Å². The Morgan fingerprint density at radius 2 is 1.55 bits per heavy atom. The molecule has 0 spiro atoms. The number of amides is 1. The molecule has 4 aromatic carbocycles. The number of hydrogen-bond acceptors (Lipinski definition) is 11. The van der Waals surface area contributed by atoms with E-state index in [-0.39, 0.29) is 37.0 Å². The minimum Gasteiger partial charge on any atom is -0.493 e. The van der Waals surface area contributed by atoms with E-state index in [0.29, 0.717) is 56.3 Å². The number of methoxy groups -OCH3 is 2. The summed E-state index contributed by atoms with van der Waals surface area (Å²) >= 11 is 13.0. The topological polar surface area (TPSA) is 146 Å². The molecule has 13 nitrogen and oxygen atoms in total. The highest BCUT2D eigenvalue weighted by Gasteiger charge is 2.42. The molecule has 4 saturated heterocycles. The molecule has 0 saturated carbocycles. The predicted molar refractivity (Wildman–Crippen MR) is 241 cm³/mol. The quantitative estimate of drug-likeness (QED) is 0.0950. The molecule has 0 radical (unpaired) electrons. The number of carbonyl (C=O) groups is 2. The molecule has 4 fully saturated rings. The Morgan fingerprint density at radius 1 is 0.812 bits per heavy atom. The molecule has 4 aliphatic heterocycles. The van der Waals surface area contributed by atoms with Gasteiger partial charge in [-0.2, -0.15) is 4.31 Å². The summed E-state index contributed by atoms with van der Waals surface area (Å²) in [6.07, 6.45) is 4.26. The monoisotopic (exact) mass is 928 g/mol. The number of aromatic nitrogens is 1. The van der Waals surface area contributed by atoms with Crippen molar-refractivity contribution in [2.45, 2.75) is 67.9 Å². The molecule has 16 heteroatoms. The van der Waals surface area contributed by atoms with Crippen LogP contribution in [0.2, 0.25) is 10.0 Å². The number of fused-ring (bicyclic) bond motifs is 3. The van der Waals surface area contributed by atoms with Crippen molar-refractivity contribution >= 4 is 45.3 Å². The van der Waals surface area contributed by atoms with Gasteiger partial charge in [-0.15, -0.1) is 0 Å². The molecule has 5 heterocycles. The average molecular weight is 930 g/mol. The number of rotatable bonds is 16. The van der Waals surface area contributed by atoms with Gasteiger partial charge in [-0.05, 0) is 109 Å². The third-order valence-electron chi connectivity index (χ3n) is 12.2. The summed E-state index contributed by atoms with van der Waals surface area (Å²) < 4.78 is 59.2. The summed E-state index contributed by atoms with van der Waals surface area (Å²) in [5, 5.41) is 3.68. The number of esters is 1. The lowest BCUT2D eigenvalue weighted by molar-refractivity contribution is -0.153. The number of alkyl carbamates (subject to hydrolysis) is 1. The molecule has 2 bridgehead atoms. The predicted octanol–water partition coefficient (Wildman–Crippen LogP) is 8.57. The number of ether oxygens (including phenoxy) is 5. The van der Waals surface area contributed by atoms with Crippen molar-refractivity contribution in [3.8, 4) is 17.2 Å². The number of nitrogens with one attached hydrogen (secondary N) is 1. The van der Waals surface area contributed by atoms with Gasteiger partial charge < -0.3 is 29.0 Å². The molecule has 1 aromatic heterocycles. The summed E-state index contributed by atoms with van der Waals surface area (Å²) in [5.41, 5.74) is 3.35. The molecular weight excluding hydrogens is 880 g/mol. The van der Waals surface area contributed by atoms with Crippen LogP contribution in [-0.2, 0) is 37.3 Å². The Morgan fingerprint density at radius 3 is 2.27 bits per heavy atom. The third-order valence-corrected chi connectivity index (χ3v) is 14.8. The lowest BCUT2D eigenvalue weighted by Gasteiger charge is -2.43. The number of sulfonamides is 1. The fourth-order valence-electron chi connectivity index (χ4n) is 8.80. The molecule has 1 N–H and O–H groups in total. The van der Waals surface area contributed by atoms with Gasteiger partial charge in [-0.1, -0.05) is 83.9 Å². The Hall–Kier alpha value is -5.38. The summed E-state index contributed by atoms with van der Waals surface area (Å²) in [5.74, 6) is 1.09. The van der Waals surface area contributed by atoms with E-state index in [0.717, 1.165) is 43.6 Å². The van der Waals surface area contributed by atoms with Crippen LogP contribution in [0.1, 0.15) is 65.6 Å². The molecule has 0 unspecified atom stereocenters. The number of benzene rings is 4. The van der Waals surface area contributed by atoms with E-state index in [9.17, 15) is 18.0 Å². The fourth-order valence-corrected chi connectivity index (χ4v) is 11.0. The first-order valence-electron chi connectivity index (χ1n) is 21.3. The third kappa shape index (κ3) is 10.3. The van der Waals surface area contributed by atoms with Crippen molar-refractivity contribution < 1.29 is 41.7 Å². The number of halogens is 2. The van der Waals surface area contributed by atoms with E-state index in [1.807, 2.05) is 54.6 Å². The Labute approximate surface area is 383 Å². The Kier molecular flexibility index (Phi) is 14.3. The summed E-state index contributed by atoms with van der Waals surface area (Å²) in [6.45, 7) is 3.03. The van der Waals surface area contributed by atoms with Crippen molar-refractivity contribution in [2.75, 3.05) is 40.4 Å². The van der Waals surface area contributed by atoms with Gasteiger partial charge in [0.05, 0.1) is 35.2 Å². The van der Waals surface area contributed by atoms with Crippen LogP contribution in [0.4, 0.5) is 4.79 Å². The van der Waals surface area contributed by atoms with Gasteiger partial charge in [0.15, 0.2) is 11.5 Å². The lowest BCUT2D eigenvalue weighted by atomic mass is 9.86. The van der Waals surface area contributed by atoms with Crippen molar-refractivity contribution in [3.05, 3.63) is 147 Å². The first-order valence-corrected chi connectivity index (χ1v) is 23.5. The van der Waals surface area contributed by atoms with Crippen LogP contribution in [0.25, 0.3) is 0 Å². The van der Waals surface area contributed by atoms with Crippen LogP contribution >= 0.6 is 23.2 Å². The zero-order valence-electron chi connectivity index (χ0n) is 35.5. The summed E-state index contributed by atoms with van der Waals surface area (Å²) in [4.78, 5) is 33.9. The molecule has 336 valence electrons. The number of nitrogens with zero attached hydrogens (tertiary/aromatic N) is 3. The van der Waals surface area contributed by atoms with Crippen molar-refractivity contribution in [2.24, 2.45) is 5.92 Å². The van der Waals surface area contributed by atoms with E-state index >= 15 is 0 Å². The van der Waals surface area contributed by atoms with Gasteiger partial charge in [0, 0.05) is 31.9 Å². The van der Waals surface area contributed by atoms with Gasteiger partial charge in [0.2, 0.25) is 10.0 Å². The minimum absolute atomic E-state index is 0.0173. The number of hydrogen-bond donors (Lipinski definition) is 1. The van der Waals surface area contributed by atoms with E-state index in [1.165, 1.54) is 37.0 Å². The second kappa shape index (κ2) is 20.2. The molecule has 9 rings (SSSR count). The SMILES string of the molecule is COc1ccc([C@H](Cc2c(Cl)cncc2Cl)OC(=O)[C@@H]2CCCN2S(=O)(=O)c2cccc(COc3cccc([C@@H](NC(=O)O[C@H]4CN5CCC4CC5)c4ccccc4)c3)c2)cc1OC. The highest BCUT2D eigenvalue weighted by atomic mass is 35.5. The molecule has 5 aromatic rings. The number of piperidine rings is 3. The Bertz CT molecular complexity index is 2540. The number of carbonyl (C=O) groups excluding carboxylic acids is 2. The zero-order chi connectivity index (χ0) is 44.8. The first-order chi connectivity index (χ1) is 31.0. The second-order valence-electron chi connectivity index (χ2n) is 16.2. The second-order valence-corrected chi connectivity index (χ2v) is 18.9. The van der Waals surface area contributed by atoms with Crippen LogP contribution in [0, 0.1) is 5.92 Å². The molecule has 4 atom stereocenters. The minimum atomic E-state index is -4.17. The van der Waals surface area contributed by atoms with Gasteiger partial charge >= 0.3 is 12.1 Å². The van der Waals surface area contributed by atoms with Crippen molar-refractivity contribution in [1.29, 1.82) is 0 Å². The summed E-state index contributed by atoms with van der Waals surface area (Å²) in [6, 6.07) is 27.1. The van der Waals surface area contributed by atoms with Gasteiger partial charge in [-0.3, -0.25) is 14.7 Å². The van der Waals surface area contributed by atoms with Gasteiger partial charge in [0.25, 0.3) is 0 Å². The van der Waals surface area contributed by atoms with Crippen LogP contribution in [0.5, 0.6) is 17.2 Å². The number of pyridine rings is 1. The normalized spacial score (nSPS) is 20.5. The van der Waals surface area contributed by atoms with Crippen LogP contribution in [-0.4, -0.2) is 87.2 Å². The first kappa shape index (κ1) is 45.2. The highest BCUT2D eigenvalue weighted by Crippen LogP contribution is 2.37. The molecule has 0 aliphatic carbocycles. The van der Waals surface area contributed by atoms with E-state index in [4.69, 9.17) is 46.9 Å². The van der Waals surface area contributed by atoms with E-state index in [1.54, 1.807) is 36.4 Å². The fraction of sp³-hybridized carbons (Fsp3) is 0.354. The molecule has 64 heavy (non-hydrogen) atoms. The van der Waals surface area contributed by atoms with E-state index < -0.39 is 40.3 Å². The van der Waals surface area contributed by atoms with Crippen LogP contribution < -0.4 is 19.5 Å².